The molecule has 1 saturated carbocycles. The number of aliphatic hydroxyl groups is 1. The summed E-state index contributed by atoms with van der Waals surface area (Å²) in [6.07, 6.45) is 1.88. The van der Waals surface area contributed by atoms with Crippen molar-refractivity contribution >= 4 is 13.3 Å². The van der Waals surface area contributed by atoms with Gasteiger partial charge in [0.25, 0.3) is 0 Å². The molecule has 1 N–H and O–H groups in total. The van der Waals surface area contributed by atoms with E-state index in [9.17, 15) is 5.11 Å². The van der Waals surface area contributed by atoms with Gasteiger partial charge in [-0.15, -0.1) is 0 Å². The minimum Gasteiger partial charge on any atom is -0.386 e. The highest BCUT2D eigenvalue weighted by Gasteiger charge is 2.43. The Hall–Kier alpha value is -0.863. The van der Waals surface area contributed by atoms with Crippen LogP contribution in [-0.2, 0) is 0 Å². The lowest BCUT2D eigenvalue weighted by Crippen LogP contribution is -2.41. The van der Waals surface area contributed by atoms with Crippen molar-refractivity contribution in [2.24, 2.45) is 5.41 Å². The second kappa shape index (κ2) is 4.60. The molecule has 1 aliphatic rings. The van der Waals surface area contributed by atoms with E-state index in [0.717, 1.165) is 12.8 Å². The van der Waals surface area contributed by atoms with Crippen molar-refractivity contribution in [1.82, 2.24) is 0 Å². The molecule has 1 aromatic rings. The van der Waals surface area contributed by atoms with Crippen LogP contribution >= 0.6 is 0 Å². The van der Waals surface area contributed by atoms with Crippen molar-refractivity contribution in [2.75, 3.05) is 0 Å². The first-order chi connectivity index (χ1) is 8.62. The fourth-order valence-corrected chi connectivity index (χ4v) is 5.91. The Bertz CT molecular complexity index is 483. The van der Waals surface area contributed by atoms with Crippen LogP contribution in [0.4, 0.5) is 0 Å². The summed E-state index contributed by atoms with van der Waals surface area (Å²) in [5.41, 5.74) is 3.26. The zero-order valence-electron chi connectivity index (χ0n) is 12.8. The Morgan fingerprint density at radius 3 is 2.16 bits per heavy atom. The lowest BCUT2D eigenvalue weighted by atomic mass is 9.90. The summed E-state index contributed by atoms with van der Waals surface area (Å²) in [5, 5.41) is 12.1. The Morgan fingerprint density at radius 1 is 1.11 bits per heavy atom. The van der Waals surface area contributed by atoms with Gasteiger partial charge in [-0.1, -0.05) is 68.2 Å². The van der Waals surface area contributed by atoms with E-state index in [1.165, 1.54) is 10.8 Å². The van der Waals surface area contributed by atoms with Gasteiger partial charge in [-0.2, -0.15) is 0 Å². The number of rotatable bonds is 2. The van der Waals surface area contributed by atoms with E-state index in [0.29, 0.717) is 0 Å². The van der Waals surface area contributed by atoms with Gasteiger partial charge in [0.05, 0.1) is 5.60 Å². The molecular formula is C17H26OSi. The Labute approximate surface area is 118 Å². The molecule has 0 saturated heterocycles. The molecule has 1 atom stereocenters. The smallest absolute Gasteiger partial charge is 0.104 e. The summed E-state index contributed by atoms with van der Waals surface area (Å²) in [4.78, 5) is 0. The summed E-state index contributed by atoms with van der Waals surface area (Å²) in [6, 6.07) is 10.7. The van der Waals surface area contributed by atoms with Crippen molar-refractivity contribution in [3.63, 3.8) is 0 Å². The van der Waals surface area contributed by atoms with E-state index in [1.807, 2.05) is 6.92 Å². The first-order valence-corrected chi connectivity index (χ1v) is 10.2. The largest absolute Gasteiger partial charge is 0.386 e. The van der Waals surface area contributed by atoms with Gasteiger partial charge < -0.3 is 5.11 Å². The molecule has 0 heterocycles. The van der Waals surface area contributed by atoms with Gasteiger partial charge in [0, 0.05) is 0 Å². The second-order valence-corrected chi connectivity index (χ2v) is 11.9. The molecule has 1 nitrogen and oxygen atoms in total. The first-order valence-electron chi connectivity index (χ1n) is 7.13. The van der Waals surface area contributed by atoms with Crippen molar-refractivity contribution in [3.8, 4) is 0 Å². The highest BCUT2D eigenvalue weighted by Crippen LogP contribution is 2.47. The van der Waals surface area contributed by atoms with Crippen molar-refractivity contribution in [3.05, 3.63) is 41.6 Å². The van der Waals surface area contributed by atoms with Crippen molar-refractivity contribution in [2.45, 2.75) is 52.3 Å². The van der Waals surface area contributed by atoms with E-state index >= 15 is 0 Å². The van der Waals surface area contributed by atoms with Crippen LogP contribution in [0.25, 0.3) is 0 Å². The second-order valence-electron chi connectivity index (χ2n) is 7.55. The molecule has 2 rings (SSSR count). The SMILES string of the molecule is CC1(C)C/C(=C/[Si](C)(C)c2ccccc2)C(C)(O)C1. The minimum absolute atomic E-state index is 0.219. The molecule has 19 heavy (non-hydrogen) atoms. The standard InChI is InChI=1S/C17H26OSi/c1-16(2)11-14(17(3,18)13-16)12-19(4,5)15-9-7-6-8-10-15/h6-10,12,18H,11,13H2,1-5H3/b14-12-. The maximum Gasteiger partial charge on any atom is 0.104 e. The maximum absolute atomic E-state index is 10.7. The average Bonchev–Trinajstić information content (AvgIpc) is 2.47. The highest BCUT2D eigenvalue weighted by molar-refractivity contribution is 6.94. The third-order valence-corrected chi connectivity index (χ3v) is 7.13. The van der Waals surface area contributed by atoms with Crippen LogP contribution in [0.1, 0.15) is 33.6 Å². The lowest BCUT2D eigenvalue weighted by Gasteiger charge is -2.25. The minimum atomic E-state index is -1.62. The van der Waals surface area contributed by atoms with Crippen LogP contribution in [0, 0.1) is 5.41 Å². The molecule has 1 fully saturated rings. The van der Waals surface area contributed by atoms with Gasteiger partial charge in [-0.25, -0.2) is 0 Å². The molecule has 0 aliphatic heterocycles. The van der Waals surface area contributed by atoms with Crippen LogP contribution in [0.5, 0.6) is 0 Å². The summed E-state index contributed by atoms with van der Waals surface area (Å²) in [6.45, 7) is 11.2. The van der Waals surface area contributed by atoms with E-state index in [2.05, 4.69) is 63.0 Å². The molecule has 0 spiro atoms. The third-order valence-electron chi connectivity index (χ3n) is 4.24. The topological polar surface area (TPSA) is 20.2 Å². The van der Waals surface area contributed by atoms with Crippen LogP contribution in [0.2, 0.25) is 13.1 Å². The zero-order chi connectivity index (χ0) is 14.3. The first kappa shape index (κ1) is 14.5. The molecule has 0 aromatic heterocycles. The van der Waals surface area contributed by atoms with E-state index in [-0.39, 0.29) is 5.41 Å². The predicted molar refractivity (Wildman–Crippen MR) is 85.3 cm³/mol. The highest BCUT2D eigenvalue weighted by atomic mass is 28.3. The molecule has 0 radical (unpaired) electrons. The van der Waals surface area contributed by atoms with E-state index < -0.39 is 13.7 Å². The summed E-state index contributed by atoms with van der Waals surface area (Å²) in [7, 11) is -1.62. The molecule has 104 valence electrons. The lowest BCUT2D eigenvalue weighted by molar-refractivity contribution is 0.0867. The van der Waals surface area contributed by atoms with Gasteiger partial charge >= 0.3 is 0 Å². The quantitative estimate of drug-likeness (QED) is 0.816. The van der Waals surface area contributed by atoms with Gasteiger partial charge in [0.2, 0.25) is 0 Å². The van der Waals surface area contributed by atoms with Crippen molar-refractivity contribution in [1.29, 1.82) is 0 Å². The summed E-state index contributed by atoms with van der Waals surface area (Å²) < 4.78 is 0. The Morgan fingerprint density at radius 2 is 1.68 bits per heavy atom. The molecule has 2 heteroatoms. The summed E-state index contributed by atoms with van der Waals surface area (Å²) in [5.74, 6) is 0. The predicted octanol–water partition coefficient (Wildman–Crippen LogP) is 3.64. The van der Waals surface area contributed by atoms with Crippen LogP contribution in [-0.4, -0.2) is 18.8 Å². The molecule has 0 amide bonds. The zero-order valence-corrected chi connectivity index (χ0v) is 13.8. The summed E-state index contributed by atoms with van der Waals surface area (Å²) >= 11 is 0. The number of hydrogen-bond acceptors (Lipinski definition) is 1. The van der Waals surface area contributed by atoms with Crippen LogP contribution < -0.4 is 5.19 Å². The fourth-order valence-electron chi connectivity index (χ4n) is 3.41. The van der Waals surface area contributed by atoms with Crippen molar-refractivity contribution < 1.29 is 5.11 Å². The average molecular weight is 274 g/mol. The van der Waals surface area contributed by atoms with Crippen LogP contribution in [0.15, 0.2) is 41.6 Å². The Kier molecular flexibility index (Phi) is 3.52. The molecule has 1 aromatic carbocycles. The third kappa shape index (κ3) is 3.18. The Balaban J connectivity index is 2.36. The maximum atomic E-state index is 10.7. The molecule has 1 aliphatic carbocycles. The normalized spacial score (nSPS) is 28.8. The van der Waals surface area contributed by atoms with Gasteiger partial charge in [0.15, 0.2) is 0 Å². The van der Waals surface area contributed by atoms with Gasteiger partial charge in [-0.05, 0) is 30.8 Å². The molecular weight excluding hydrogens is 248 g/mol. The van der Waals surface area contributed by atoms with E-state index in [1.54, 1.807) is 0 Å². The van der Waals surface area contributed by atoms with E-state index in [4.69, 9.17) is 0 Å². The van der Waals surface area contributed by atoms with Gasteiger partial charge in [0.1, 0.15) is 8.07 Å². The number of benzene rings is 1. The number of hydrogen-bond donors (Lipinski definition) is 1. The molecule has 1 unspecified atom stereocenters. The molecule has 0 bridgehead atoms. The fraction of sp³-hybridized carbons (Fsp3) is 0.529. The monoisotopic (exact) mass is 274 g/mol. The van der Waals surface area contributed by atoms with Crippen LogP contribution in [0.3, 0.4) is 0 Å². The van der Waals surface area contributed by atoms with Gasteiger partial charge in [-0.3, -0.25) is 0 Å².